The van der Waals surface area contributed by atoms with Crippen molar-refractivity contribution >= 4 is 22.6 Å². The summed E-state index contributed by atoms with van der Waals surface area (Å²) in [7, 11) is 1.61. The van der Waals surface area contributed by atoms with E-state index in [2.05, 4.69) is 29.2 Å². The van der Waals surface area contributed by atoms with Crippen LogP contribution < -0.4 is 4.74 Å². The van der Waals surface area contributed by atoms with Crippen molar-refractivity contribution in [2.24, 2.45) is 0 Å². The average Bonchev–Trinajstić information content (AvgIpc) is 3.05. The van der Waals surface area contributed by atoms with E-state index in [1.807, 2.05) is 53.4 Å². The van der Waals surface area contributed by atoms with E-state index in [-0.39, 0.29) is 0 Å². The van der Waals surface area contributed by atoms with Crippen LogP contribution in [0.25, 0.3) is 27.8 Å². The number of ether oxygens (including phenoxy) is 1. The van der Waals surface area contributed by atoms with Crippen LogP contribution in [0.3, 0.4) is 0 Å². The van der Waals surface area contributed by atoms with Crippen molar-refractivity contribution in [3.8, 4) is 22.6 Å². The van der Waals surface area contributed by atoms with Gasteiger partial charge in [-0.05, 0) is 41.5 Å². The topological polar surface area (TPSA) is 27.1 Å². The van der Waals surface area contributed by atoms with Gasteiger partial charge in [-0.25, -0.2) is 4.98 Å². The van der Waals surface area contributed by atoms with Gasteiger partial charge >= 0.3 is 0 Å². The third-order valence-corrected chi connectivity index (χ3v) is 4.36. The van der Waals surface area contributed by atoms with E-state index in [9.17, 15) is 0 Å². The maximum Gasteiger partial charge on any atom is 0.137 e. The van der Waals surface area contributed by atoms with Crippen molar-refractivity contribution in [1.82, 2.24) is 9.55 Å². The van der Waals surface area contributed by atoms with Gasteiger partial charge in [0.15, 0.2) is 0 Å². The van der Waals surface area contributed by atoms with Crippen molar-refractivity contribution in [3.05, 3.63) is 78.1 Å². The van der Waals surface area contributed by atoms with Crippen LogP contribution in [0.4, 0.5) is 0 Å². The molecule has 4 rings (SSSR count). The molecule has 118 valence electrons. The second-order valence-corrected chi connectivity index (χ2v) is 5.91. The summed E-state index contributed by atoms with van der Waals surface area (Å²) in [5, 5.41) is 0.580. The first-order valence-electron chi connectivity index (χ1n) is 7.63. The summed E-state index contributed by atoms with van der Waals surface area (Å²) in [6, 6.07) is 22.3. The molecule has 4 aromatic rings. The minimum absolute atomic E-state index is 0.580. The second-order valence-electron chi connectivity index (χ2n) is 5.50. The van der Waals surface area contributed by atoms with Crippen molar-refractivity contribution < 1.29 is 4.74 Å². The molecule has 3 nitrogen and oxygen atoms in total. The number of rotatable bonds is 3. The predicted octanol–water partition coefficient (Wildman–Crippen LogP) is 5.35. The number of imidazole rings is 1. The van der Waals surface area contributed by atoms with Crippen LogP contribution in [0, 0.1) is 0 Å². The van der Waals surface area contributed by atoms with Crippen molar-refractivity contribution in [3.63, 3.8) is 0 Å². The van der Waals surface area contributed by atoms with Gasteiger partial charge < -0.3 is 4.74 Å². The maximum absolute atomic E-state index is 6.27. The molecule has 24 heavy (non-hydrogen) atoms. The molecule has 0 amide bonds. The summed E-state index contributed by atoms with van der Waals surface area (Å²) in [5.74, 6) is 0.662. The number of aromatic nitrogens is 2. The molecule has 0 saturated carbocycles. The number of halogens is 1. The first-order chi connectivity index (χ1) is 11.8. The zero-order chi connectivity index (χ0) is 16.5. The van der Waals surface area contributed by atoms with Crippen LogP contribution in [0.2, 0.25) is 5.02 Å². The Morgan fingerprint density at radius 2 is 1.75 bits per heavy atom. The molecule has 1 aromatic heterocycles. The molecule has 0 N–H and O–H groups in total. The number of methoxy groups -OCH3 is 1. The normalized spacial score (nSPS) is 10.9. The minimum Gasteiger partial charge on any atom is -0.495 e. The SMILES string of the molecule is COc1ccc(-n2cnc3ccc(-c4ccccc4)cc32)cc1Cl. The Bertz CT molecular complexity index is 1010. The summed E-state index contributed by atoms with van der Waals surface area (Å²) < 4.78 is 7.26. The molecule has 0 atom stereocenters. The lowest BCUT2D eigenvalue weighted by Gasteiger charge is -2.09. The van der Waals surface area contributed by atoms with Gasteiger partial charge in [-0.3, -0.25) is 4.57 Å². The second kappa shape index (κ2) is 6.02. The van der Waals surface area contributed by atoms with E-state index in [1.54, 1.807) is 7.11 Å². The molecule has 4 heteroatoms. The summed E-state index contributed by atoms with van der Waals surface area (Å²) in [6.07, 6.45) is 1.82. The maximum atomic E-state index is 6.27. The highest BCUT2D eigenvalue weighted by Crippen LogP contribution is 2.29. The number of nitrogens with zero attached hydrogens (tertiary/aromatic N) is 2. The zero-order valence-corrected chi connectivity index (χ0v) is 13.9. The van der Waals surface area contributed by atoms with Gasteiger partial charge in [0.2, 0.25) is 0 Å². The van der Waals surface area contributed by atoms with Crippen molar-refractivity contribution in [2.75, 3.05) is 7.11 Å². The van der Waals surface area contributed by atoms with Gasteiger partial charge in [-0.2, -0.15) is 0 Å². The number of fused-ring (bicyclic) bond motifs is 1. The Kier molecular flexibility index (Phi) is 3.71. The zero-order valence-electron chi connectivity index (χ0n) is 13.1. The first-order valence-corrected chi connectivity index (χ1v) is 8.00. The van der Waals surface area contributed by atoms with Gasteiger partial charge in [0, 0.05) is 5.69 Å². The lowest BCUT2D eigenvalue weighted by atomic mass is 10.1. The molecule has 0 fully saturated rings. The third kappa shape index (κ3) is 2.53. The molecule has 0 spiro atoms. The van der Waals surface area contributed by atoms with E-state index in [4.69, 9.17) is 16.3 Å². The fourth-order valence-electron chi connectivity index (χ4n) is 2.83. The molecule has 0 aliphatic carbocycles. The Labute approximate surface area is 145 Å². The predicted molar refractivity (Wildman–Crippen MR) is 98.1 cm³/mol. The van der Waals surface area contributed by atoms with Gasteiger partial charge in [0.25, 0.3) is 0 Å². The van der Waals surface area contributed by atoms with E-state index in [0.29, 0.717) is 10.8 Å². The van der Waals surface area contributed by atoms with Gasteiger partial charge in [-0.1, -0.05) is 48.0 Å². The van der Waals surface area contributed by atoms with E-state index >= 15 is 0 Å². The average molecular weight is 335 g/mol. The molecular weight excluding hydrogens is 320 g/mol. The third-order valence-electron chi connectivity index (χ3n) is 4.07. The Morgan fingerprint density at radius 3 is 2.50 bits per heavy atom. The summed E-state index contributed by atoms with van der Waals surface area (Å²) in [6.45, 7) is 0. The summed E-state index contributed by atoms with van der Waals surface area (Å²) in [4.78, 5) is 4.49. The van der Waals surface area contributed by atoms with Crippen LogP contribution in [0.15, 0.2) is 73.1 Å². The molecule has 0 aliphatic heterocycles. The van der Waals surface area contributed by atoms with Crippen LogP contribution in [-0.2, 0) is 0 Å². The first kappa shape index (κ1) is 14.8. The number of hydrogen-bond acceptors (Lipinski definition) is 2. The summed E-state index contributed by atoms with van der Waals surface area (Å²) >= 11 is 6.27. The molecule has 0 radical (unpaired) electrons. The number of hydrogen-bond donors (Lipinski definition) is 0. The summed E-state index contributed by atoms with van der Waals surface area (Å²) in [5.41, 5.74) is 5.28. The Hall–Kier alpha value is -2.78. The Morgan fingerprint density at radius 1 is 0.917 bits per heavy atom. The van der Waals surface area contributed by atoms with Crippen LogP contribution in [0.5, 0.6) is 5.75 Å². The fraction of sp³-hybridized carbons (Fsp3) is 0.0500. The van der Waals surface area contributed by atoms with Crippen LogP contribution in [-0.4, -0.2) is 16.7 Å². The standard InChI is InChI=1S/C20H15ClN2O/c1-24-20-10-8-16(12-17(20)21)23-13-22-18-9-7-15(11-19(18)23)14-5-3-2-4-6-14/h2-13H,1H3. The molecule has 3 aromatic carbocycles. The number of benzene rings is 3. The van der Waals surface area contributed by atoms with Crippen LogP contribution >= 0.6 is 11.6 Å². The largest absolute Gasteiger partial charge is 0.495 e. The monoisotopic (exact) mass is 334 g/mol. The molecule has 1 heterocycles. The molecular formula is C20H15ClN2O. The smallest absolute Gasteiger partial charge is 0.137 e. The minimum atomic E-state index is 0.580. The van der Waals surface area contributed by atoms with E-state index in [0.717, 1.165) is 22.3 Å². The van der Waals surface area contributed by atoms with E-state index < -0.39 is 0 Å². The lowest BCUT2D eigenvalue weighted by Crippen LogP contribution is -1.93. The van der Waals surface area contributed by atoms with Gasteiger partial charge in [0.05, 0.1) is 23.2 Å². The van der Waals surface area contributed by atoms with Gasteiger partial charge in [-0.15, -0.1) is 0 Å². The van der Waals surface area contributed by atoms with E-state index in [1.165, 1.54) is 5.56 Å². The fourth-order valence-corrected chi connectivity index (χ4v) is 3.08. The molecule has 0 unspecified atom stereocenters. The van der Waals surface area contributed by atoms with Gasteiger partial charge in [0.1, 0.15) is 12.1 Å². The lowest BCUT2D eigenvalue weighted by molar-refractivity contribution is 0.415. The highest BCUT2D eigenvalue weighted by atomic mass is 35.5. The highest BCUT2D eigenvalue weighted by molar-refractivity contribution is 6.32. The molecule has 0 aliphatic rings. The molecule has 0 saturated heterocycles. The highest BCUT2D eigenvalue weighted by Gasteiger charge is 2.09. The Balaban J connectivity index is 1.86. The van der Waals surface area contributed by atoms with Crippen molar-refractivity contribution in [1.29, 1.82) is 0 Å². The van der Waals surface area contributed by atoms with Crippen LogP contribution in [0.1, 0.15) is 0 Å². The molecule has 0 bridgehead atoms. The quantitative estimate of drug-likeness (QED) is 0.504. The van der Waals surface area contributed by atoms with Crippen molar-refractivity contribution in [2.45, 2.75) is 0 Å².